The lowest BCUT2D eigenvalue weighted by Crippen LogP contribution is -2.35. The smallest absolute Gasteiger partial charge is 0.254 e. The molecule has 7 nitrogen and oxygen atoms in total. The molecular weight excluding hydrogens is 437 g/mol. The molecule has 0 aromatic heterocycles. The summed E-state index contributed by atoms with van der Waals surface area (Å²) in [4.78, 5) is 26.3. The quantitative estimate of drug-likeness (QED) is 0.750. The molecule has 0 bridgehead atoms. The van der Waals surface area contributed by atoms with E-state index in [-0.39, 0.29) is 12.5 Å². The summed E-state index contributed by atoms with van der Waals surface area (Å²) in [5.74, 6) is -0.800. The summed E-state index contributed by atoms with van der Waals surface area (Å²) < 4.78 is 25.0. The highest BCUT2D eigenvalue weighted by Gasteiger charge is 2.27. The van der Waals surface area contributed by atoms with Crippen molar-refractivity contribution in [3.8, 4) is 0 Å². The van der Waals surface area contributed by atoms with Crippen molar-refractivity contribution < 1.29 is 18.0 Å². The van der Waals surface area contributed by atoms with Crippen molar-refractivity contribution >= 4 is 56.4 Å². The second-order valence-corrected chi connectivity index (χ2v) is 9.46. The molecule has 0 saturated carbocycles. The Balaban J connectivity index is 1.70. The number of benzene rings is 2. The van der Waals surface area contributed by atoms with Crippen LogP contribution in [0.3, 0.4) is 0 Å². The van der Waals surface area contributed by atoms with Gasteiger partial charge in [-0.1, -0.05) is 29.3 Å². The number of sulfonamides is 1. The van der Waals surface area contributed by atoms with E-state index in [1.54, 1.807) is 36.4 Å². The zero-order chi connectivity index (χ0) is 21.3. The van der Waals surface area contributed by atoms with E-state index in [0.29, 0.717) is 39.9 Å². The van der Waals surface area contributed by atoms with Gasteiger partial charge >= 0.3 is 0 Å². The molecule has 2 aromatic rings. The van der Waals surface area contributed by atoms with Crippen molar-refractivity contribution in [1.82, 2.24) is 4.90 Å². The molecule has 0 fully saturated rings. The first-order chi connectivity index (χ1) is 13.6. The topological polar surface area (TPSA) is 86.8 Å². The highest BCUT2D eigenvalue weighted by Crippen LogP contribution is 2.31. The molecular formula is C19H19Cl2N3O4S. The van der Waals surface area contributed by atoms with Crippen LogP contribution in [0.5, 0.6) is 0 Å². The van der Waals surface area contributed by atoms with Crippen LogP contribution in [0.25, 0.3) is 0 Å². The number of fused-ring (bicyclic) bond motifs is 1. The van der Waals surface area contributed by atoms with Crippen molar-refractivity contribution in [1.29, 1.82) is 0 Å². The number of hydrogen-bond acceptors (Lipinski definition) is 4. The van der Waals surface area contributed by atoms with Crippen molar-refractivity contribution in [2.45, 2.75) is 6.42 Å². The predicted molar refractivity (Wildman–Crippen MR) is 114 cm³/mol. The third-order valence-electron chi connectivity index (χ3n) is 4.53. The number of rotatable bonds is 5. The number of para-hydroxylation sites is 1. The molecule has 1 heterocycles. The van der Waals surface area contributed by atoms with Gasteiger partial charge in [-0.15, -0.1) is 0 Å². The van der Waals surface area contributed by atoms with E-state index in [2.05, 4.69) is 5.32 Å². The molecule has 154 valence electrons. The number of halogens is 2. The Morgan fingerprint density at radius 2 is 1.83 bits per heavy atom. The number of nitrogens with zero attached hydrogens (tertiary/aromatic N) is 2. The maximum atomic E-state index is 12.7. The third kappa shape index (κ3) is 4.66. The van der Waals surface area contributed by atoms with Crippen LogP contribution >= 0.6 is 23.2 Å². The molecule has 0 aliphatic carbocycles. The fourth-order valence-corrected chi connectivity index (χ4v) is 4.60. The van der Waals surface area contributed by atoms with Crippen molar-refractivity contribution in [2.75, 3.05) is 36.0 Å². The lowest BCUT2D eigenvalue weighted by Gasteiger charge is -2.19. The van der Waals surface area contributed by atoms with Gasteiger partial charge in [0.2, 0.25) is 15.9 Å². The summed E-state index contributed by atoms with van der Waals surface area (Å²) >= 11 is 12.1. The van der Waals surface area contributed by atoms with Crippen molar-refractivity contribution in [3.63, 3.8) is 0 Å². The van der Waals surface area contributed by atoms with Gasteiger partial charge in [-0.05, 0) is 42.3 Å². The molecule has 0 radical (unpaired) electrons. The van der Waals surface area contributed by atoms with Gasteiger partial charge in [-0.3, -0.25) is 13.9 Å². The summed E-state index contributed by atoms with van der Waals surface area (Å²) in [6, 6.07) is 9.71. The molecule has 2 amide bonds. The van der Waals surface area contributed by atoms with Gasteiger partial charge < -0.3 is 10.2 Å². The van der Waals surface area contributed by atoms with E-state index in [1.165, 1.54) is 16.3 Å². The number of amides is 2. The average Bonchev–Trinajstić information content (AvgIpc) is 3.07. The molecule has 0 atom stereocenters. The molecule has 29 heavy (non-hydrogen) atoms. The van der Waals surface area contributed by atoms with E-state index in [9.17, 15) is 18.0 Å². The van der Waals surface area contributed by atoms with E-state index < -0.39 is 15.9 Å². The Bertz CT molecular complexity index is 1070. The molecule has 10 heteroatoms. The van der Waals surface area contributed by atoms with Crippen LogP contribution in [0.1, 0.15) is 15.9 Å². The average molecular weight is 456 g/mol. The number of carbonyl (C=O) groups is 2. The lowest BCUT2D eigenvalue weighted by atomic mass is 10.1. The van der Waals surface area contributed by atoms with Crippen LogP contribution in [0, 0.1) is 0 Å². The Labute approximate surface area is 179 Å². The molecule has 1 aliphatic rings. The maximum absolute atomic E-state index is 12.7. The van der Waals surface area contributed by atoms with Gasteiger partial charge in [0.25, 0.3) is 5.91 Å². The zero-order valence-corrected chi connectivity index (χ0v) is 18.1. The number of carbonyl (C=O) groups excluding carboxylic acids is 2. The number of likely N-dealkylation sites (N-methyl/N-ethyl adjacent to an activating group) is 1. The molecule has 2 aromatic carbocycles. The van der Waals surface area contributed by atoms with Crippen molar-refractivity contribution in [2.24, 2.45) is 0 Å². The van der Waals surface area contributed by atoms with Gasteiger partial charge in [-0.2, -0.15) is 0 Å². The van der Waals surface area contributed by atoms with E-state index >= 15 is 0 Å². The molecule has 3 rings (SSSR count). The predicted octanol–water partition coefficient (Wildman–Crippen LogP) is 3.03. The van der Waals surface area contributed by atoms with Crippen LogP contribution in [-0.2, 0) is 21.2 Å². The Kier molecular flexibility index (Phi) is 6.07. The molecule has 1 N–H and O–H groups in total. The standard InChI is InChI=1S/C19H19Cl2N3O4S/c1-23(11-17(25)22-18-14(20)4-3-5-15(18)21)19(26)13-6-7-16-12(10-13)8-9-24(16)29(2,27)28/h3-7,10H,8-9,11H2,1-2H3,(H,22,25). The number of anilines is 2. The first kappa shape index (κ1) is 21.4. The van der Waals surface area contributed by atoms with Crippen LogP contribution in [0.2, 0.25) is 10.0 Å². The molecule has 0 spiro atoms. The second-order valence-electron chi connectivity index (χ2n) is 6.73. The first-order valence-electron chi connectivity index (χ1n) is 8.68. The number of nitrogens with one attached hydrogen (secondary N) is 1. The number of hydrogen-bond donors (Lipinski definition) is 1. The first-order valence-corrected chi connectivity index (χ1v) is 11.3. The summed E-state index contributed by atoms with van der Waals surface area (Å²) in [6.07, 6.45) is 1.68. The third-order valence-corrected chi connectivity index (χ3v) is 6.34. The van der Waals surface area contributed by atoms with Crippen LogP contribution < -0.4 is 9.62 Å². The fraction of sp³-hybridized carbons (Fsp3) is 0.263. The summed E-state index contributed by atoms with van der Waals surface area (Å²) in [7, 11) is -1.85. The van der Waals surface area contributed by atoms with Gasteiger partial charge in [0.15, 0.2) is 0 Å². The van der Waals surface area contributed by atoms with Crippen LogP contribution in [0.15, 0.2) is 36.4 Å². The monoisotopic (exact) mass is 455 g/mol. The second kappa shape index (κ2) is 8.22. The van der Waals surface area contributed by atoms with Crippen LogP contribution in [-0.4, -0.2) is 51.5 Å². The van der Waals surface area contributed by atoms with Gasteiger partial charge in [0, 0.05) is 19.2 Å². The summed E-state index contributed by atoms with van der Waals surface area (Å²) in [5.41, 5.74) is 2.03. The minimum atomic E-state index is -3.35. The largest absolute Gasteiger partial charge is 0.332 e. The van der Waals surface area contributed by atoms with E-state index in [1.807, 2.05) is 0 Å². The van der Waals surface area contributed by atoms with E-state index in [0.717, 1.165) is 11.8 Å². The lowest BCUT2D eigenvalue weighted by molar-refractivity contribution is -0.116. The maximum Gasteiger partial charge on any atom is 0.254 e. The molecule has 0 unspecified atom stereocenters. The highest BCUT2D eigenvalue weighted by atomic mass is 35.5. The summed E-state index contributed by atoms with van der Waals surface area (Å²) in [5, 5.41) is 3.21. The van der Waals surface area contributed by atoms with Crippen LogP contribution in [0.4, 0.5) is 11.4 Å². The zero-order valence-electron chi connectivity index (χ0n) is 15.8. The Morgan fingerprint density at radius 3 is 2.45 bits per heavy atom. The van der Waals surface area contributed by atoms with Gasteiger partial charge in [0.05, 0.1) is 34.2 Å². The molecule has 0 saturated heterocycles. The normalized spacial score (nSPS) is 13.2. The van der Waals surface area contributed by atoms with Gasteiger partial charge in [-0.25, -0.2) is 8.42 Å². The Morgan fingerprint density at radius 1 is 1.17 bits per heavy atom. The highest BCUT2D eigenvalue weighted by molar-refractivity contribution is 7.92. The van der Waals surface area contributed by atoms with E-state index in [4.69, 9.17) is 23.2 Å². The SMILES string of the molecule is CN(CC(=O)Nc1c(Cl)cccc1Cl)C(=O)c1ccc2c(c1)CCN2S(C)(=O)=O. The Hall–Kier alpha value is -2.29. The molecule has 1 aliphatic heterocycles. The van der Waals surface area contributed by atoms with Crippen molar-refractivity contribution in [3.05, 3.63) is 57.6 Å². The van der Waals surface area contributed by atoms with Gasteiger partial charge in [0.1, 0.15) is 0 Å². The minimum absolute atomic E-state index is 0.201. The minimum Gasteiger partial charge on any atom is -0.332 e. The summed E-state index contributed by atoms with van der Waals surface area (Å²) in [6.45, 7) is 0.148. The fourth-order valence-electron chi connectivity index (χ4n) is 3.15.